The zero-order valence-electron chi connectivity index (χ0n) is 14.2. The van der Waals surface area contributed by atoms with Gasteiger partial charge in [0.1, 0.15) is 11.4 Å². The molecule has 0 aromatic carbocycles. The van der Waals surface area contributed by atoms with E-state index in [1.165, 1.54) is 18.4 Å². The minimum atomic E-state index is -4.48. The smallest absolute Gasteiger partial charge is 0.433 e. The van der Waals surface area contributed by atoms with Crippen molar-refractivity contribution < 1.29 is 23.1 Å². The number of aromatic nitrogens is 2. The lowest BCUT2D eigenvalue weighted by Gasteiger charge is -2.10. The van der Waals surface area contributed by atoms with Crippen molar-refractivity contribution in [2.24, 2.45) is 7.05 Å². The lowest BCUT2D eigenvalue weighted by molar-refractivity contribution is -0.143. The average molecular weight is 387 g/mol. The van der Waals surface area contributed by atoms with Crippen LogP contribution in [0, 0.1) is 0 Å². The molecule has 0 aliphatic carbocycles. The summed E-state index contributed by atoms with van der Waals surface area (Å²) in [5, 5.41) is 16.3. The van der Waals surface area contributed by atoms with E-state index in [0.717, 1.165) is 23.7 Å². The molecule has 0 aliphatic heterocycles. The molecule has 0 fully saturated rings. The fourth-order valence-electron chi connectivity index (χ4n) is 2.60. The molecule has 2 aromatic rings. The van der Waals surface area contributed by atoms with Crippen molar-refractivity contribution in [1.82, 2.24) is 15.1 Å². The number of thiophene rings is 1. The van der Waals surface area contributed by atoms with Gasteiger partial charge in [-0.05, 0) is 37.2 Å². The SMILES string of the molecule is C=CNCCCCC(C(=O)O)c1ccc(-c2cc(C(F)(F)F)n(C)n2)s1. The summed E-state index contributed by atoms with van der Waals surface area (Å²) in [6.07, 6.45) is -0.911. The van der Waals surface area contributed by atoms with E-state index in [0.29, 0.717) is 22.6 Å². The minimum absolute atomic E-state index is 0.190. The predicted molar refractivity (Wildman–Crippen MR) is 94.0 cm³/mol. The third kappa shape index (κ3) is 4.87. The molecule has 2 aromatic heterocycles. The Morgan fingerprint density at radius 2 is 2.19 bits per heavy atom. The topological polar surface area (TPSA) is 67.2 Å². The maximum Gasteiger partial charge on any atom is 0.433 e. The van der Waals surface area contributed by atoms with E-state index >= 15 is 0 Å². The van der Waals surface area contributed by atoms with Crippen molar-refractivity contribution in [3.8, 4) is 10.6 Å². The van der Waals surface area contributed by atoms with Crippen molar-refractivity contribution in [1.29, 1.82) is 0 Å². The molecule has 9 heteroatoms. The Bertz CT molecular complexity index is 768. The third-order valence-electron chi connectivity index (χ3n) is 3.90. The second-order valence-electron chi connectivity index (χ2n) is 5.78. The molecule has 0 bridgehead atoms. The molecular formula is C17H20F3N3O2S. The van der Waals surface area contributed by atoms with Crippen molar-refractivity contribution in [3.63, 3.8) is 0 Å². The fourth-order valence-corrected chi connectivity index (χ4v) is 3.69. The van der Waals surface area contributed by atoms with Crippen molar-refractivity contribution >= 4 is 17.3 Å². The Morgan fingerprint density at radius 3 is 2.77 bits per heavy atom. The third-order valence-corrected chi connectivity index (χ3v) is 5.12. The van der Waals surface area contributed by atoms with Gasteiger partial charge in [0.15, 0.2) is 0 Å². The van der Waals surface area contributed by atoms with Crippen LogP contribution >= 0.6 is 11.3 Å². The highest BCUT2D eigenvalue weighted by Crippen LogP contribution is 2.37. The lowest BCUT2D eigenvalue weighted by atomic mass is 10.0. The highest BCUT2D eigenvalue weighted by atomic mass is 32.1. The molecule has 26 heavy (non-hydrogen) atoms. The zero-order valence-corrected chi connectivity index (χ0v) is 15.0. The maximum atomic E-state index is 12.9. The van der Waals surface area contributed by atoms with Crippen LogP contribution in [-0.4, -0.2) is 27.4 Å². The van der Waals surface area contributed by atoms with Crippen LogP contribution < -0.4 is 5.32 Å². The molecule has 1 atom stereocenters. The molecule has 5 nitrogen and oxygen atoms in total. The van der Waals surface area contributed by atoms with Crippen LogP contribution in [-0.2, 0) is 18.0 Å². The summed E-state index contributed by atoms with van der Waals surface area (Å²) < 4.78 is 39.5. The average Bonchev–Trinajstić information content (AvgIpc) is 3.16. The number of carbonyl (C=O) groups is 1. The second kappa shape index (κ2) is 8.39. The molecule has 2 N–H and O–H groups in total. The number of nitrogens with one attached hydrogen (secondary N) is 1. The van der Waals surface area contributed by atoms with Crippen LogP contribution in [0.3, 0.4) is 0 Å². The Kier molecular flexibility index (Phi) is 6.47. The maximum absolute atomic E-state index is 12.9. The number of rotatable bonds is 9. The van der Waals surface area contributed by atoms with E-state index < -0.39 is 23.8 Å². The number of aliphatic carboxylic acids is 1. The van der Waals surface area contributed by atoms with Gasteiger partial charge in [-0.15, -0.1) is 11.3 Å². The zero-order chi connectivity index (χ0) is 19.3. The molecule has 0 radical (unpaired) electrons. The van der Waals surface area contributed by atoms with E-state index in [-0.39, 0.29) is 5.69 Å². The second-order valence-corrected chi connectivity index (χ2v) is 6.90. The van der Waals surface area contributed by atoms with Gasteiger partial charge < -0.3 is 10.4 Å². The van der Waals surface area contributed by atoms with E-state index in [9.17, 15) is 23.1 Å². The van der Waals surface area contributed by atoms with Gasteiger partial charge in [0.2, 0.25) is 0 Å². The van der Waals surface area contributed by atoms with Crippen molar-refractivity contribution in [2.45, 2.75) is 31.4 Å². The summed E-state index contributed by atoms with van der Waals surface area (Å²) in [4.78, 5) is 12.7. The number of nitrogens with zero attached hydrogens (tertiary/aromatic N) is 2. The lowest BCUT2D eigenvalue weighted by Crippen LogP contribution is -2.12. The molecule has 1 unspecified atom stereocenters. The molecule has 0 amide bonds. The number of hydrogen-bond donors (Lipinski definition) is 2. The molecule has 2 heterocycles. The van der Waals surface area contributed by atoms with Gasteiger partial charge in [-0.25, -0.2) is 0 Å². The Balaban J connectivity index is 2.13. The van der Waals surface area contributed by atoms with Crippen LogP contribution in [0.25, 0.3) is 10.6 Å². The molecule has 142 valence electrons. The molecule has 0 spiro atoms. The van der Waals surface area contributed by atoms with Crippen LogP contribution in [0.15, 0.2) is 31.0 Å². The number of hydrogen-bond acceptors (Lipinski definition) is 4. The number of carboxylic acid groups (broad SMARTS) is 1. The summed E-state index contributed by atoms with van der Waals surface area (Å²) in [6.45, 7) is 4.26. The highest BCUT2D eigenvalue weighted by Gasteiger charge is 2.35. The summed E-state index contributed by atoms with van der Waals surface area (Å²) in [7, 11) is 1.23. The number of halogens is 3. The summed E-state index contributed by atoms with van der Waals surface area (Å²) in [6, 6.07) is 4.26. The first-order chi connectivity index (χ1) is 12.2. The monoisotopic (exact) mass is 387 g/mol. The van der Waals surface area contributed by atoms with Gasteiger partial charge in [0, 0.05) is 18.5 Å². The van der Waals surface area contributed by atoms with Gasteiger partial charge in [0.05, 0.1) is 10.8 Å². The molecular weight excluding hydrogens is 367 g/mol. The van der Waals surface area contributed by atoms with E-state index in [1.54, 1.807) is 18.3 Å². The molecule has 2 rings (SSSR count). The van der Waals surface area contributed by atoms with Gasteiger partial charge in [-0.2, -0.15) is 18.3 Å². The summed E-state index contributed by atoms with van der Waals surface area (Å²) in [5.74, 6) is -1.62. The van der Waals surface area contributed by atoms with Gasteiger partial charge in [0.25, 0.3) is 0 Å². The fraction of sp³-hybridized carbons (Fsp3) is 0.412. The van der Waals surface area contributed by atoms with Gasteiger partial charge >= 0.3 is 12.1 Å². The van der Waals surface area contributed by atoms with Gasteiger partial charge in [-0.3, -0.25) is 9.48 Å². The van der Waals surface area contributed by atoms with Crippen LogP contribution in [0.5, 0.6) is 0 Å². The summed E-state index contributed by atoms with van der Waals surface area (Å²) in [5.41, 5.74) is -0.651. The quantitative estimate of drug-likeness (QED) is 0.632. The first kappa shape index (κ1) is 20.0. The number of carboxylic acids is 1. The standard InChI is InChI=1S/C17H20F3N3O2S/c1-3-21-9-5-4-6-11(16(24)25)13-7-8-14(26-13)12-10-15(17(18,19)20)23(2)22-12/h3,7-8,10-11,21H,1,4-6,9H2,2H3,(H,24,25). The first-order valence-electron chi connectivity index (χ1n) is 8.02. The molecule has 0 aliphatic rings. The normalized spacial score (nSPS) is 12.8. The molecule has 0 saturated heterocycles. The Labute approximate surface area is 153 Å². The Morgan fingerprint density at radius 1 is 1.46 bits per heavy atom. The highest BCUT2D eigenvalue weighted by molar-refractivity contribution is 7.15. The van der Waals surface area contributed by atoms with Crippen LogP contribution in [0.1, 0.15) is 35.8 Å². The van der Waals surface area contributed by atoms with E-state index in [4.69, 9.17) is 0 Å². The first-order valence-corrected chi connectivity index (χ1v) is 8.84. The van der Waals surface area contributed by atoms with E-state index in [2.05, 4.69) is 17.0 Å². The van der Waals surface area contributed by atoms with Crippen LogP contribution in [0.4, 0.5) is 13.2 Å². The van der Waals surface area contributed by atoms with Gasteiger partial charge in [-0.1, -0.05) is 13.0 Å². The number of aryl methyl sites for hydroxylation is 1. The minimum Gasteiger partial charge on any atom is -0.481 e. The number of unbranched alkanes of at least 4 members (excludes halogenated alkanes) is 1. The van der Waals surface area contributed by atoms with Crippen LogP contribution in [0.2, 0.25) is 0 Å². The Hall–Kier alpha value is -2.29. The summed E-state index contributed by atoms with van der Waals surface area (Å²) >= 11 is 1.17. The number of alkyl halides is 3. The van der Waals surface area contributed by atoms with E-state index in [1.807, 2.05) is 0 Å². The largest absolute Gasteiger partial charge is 0.481 e. The van der Waals surface area contributed by atoms with Crippen molar-refractivity contribution in [3.05, 3.63) is 41.5 Å². The molecule has 0 saturated carbocycles. The van der Waals surface area contributed by atoms with Crippen molar-refractivity contribution in [2.75, 3.05) is 6.54 Å². The predicted octanol–water partition coefficient (Wildman–Crippen LogP) is 4.24.